The summed E-state index contributed by atoms with van der Waals surface area (Å²) in [5.74, 6) is 0. The molecule has 0 nitrogen and oxygen atoms in total. The van der Waals surface area contributed by atoms with Gasteiger partial charge in [-0.15, -0.1) is 6.42 Å². The van der Waals surface area contributed by atoms with E-state index in [1.807, 2.05) is 12.2 Å². The van der Waals surface area contributed by atoms with E-state index in [-0.39, 0.29) is 63.2 Å². The van der Waals surface area contributed by atoms with Crippen LogP contribution in [0, 0.1) is 13.5 Å². The van der Waals surface area contributed by atoms with E-state index in [4.69, 9.17) is 0 Å². The third-order valence-corrected chi connectivity index (χ3v) is 0.586. The molecule has 0 spiro atoms. The maximum absolute atomic E-state index is 2.99. The van der Waals surface area contributed by atoms with E-state index in [0.29, 0.717) is 0 Å². The molecule has 0 aromatic carbocycles. The van der Waals surface area contributed by atoms with Crippen molar-refractivity contribution >= 4 is 0 Å². The van der Waals surface area contributed by atoms with Gasteiger partial charge >= 0.3 is 0 Å². The molecule has 0 aromatic heterocycles. The van der Waals surface area contributed by atoms with Crippen molar-refractivity contribution in [3.63, 3.8) is 0 Å². The second kappa shape index (κ2) is 22.5. The Morgan fingerprint density at radius 3 is 1.70 bits per heavy atom. The van der Waals surface area contributed by atoms with Gasteiger partial charge in [0.05, 0.1) is 0 Å². The van der Waals surface area contributed by atoms with Crippen molar-refractivity contribution in [2.75, 3.05) is 0 Å². The Balaban J connectivity index is -0.0000000167. The summed E-state index contributed by atoms with van der Waals surface area (Å²) in [6, 6.07) is 0. The van der Waals surface area contributed by atoms with E-state index in [1.54, 1.807) is 0 Å². The average Bonchev–Trinajstić information content (AvgIpc) is 1.76. The molecule has 0 bridgehead atoms. The molecule has 0 saturated carbocycles. The van der Waals surface area contributed by atoms with Gasteiger partial charge in [0, 0.05) is 18.6 Å². The van der Waals surface area contributed by atoms with Crippen LogP contribution < -0.4 is 37.2 Å². The summed E-state index contributed by atoms with van der Waals surface area (Å²) in [6.07, 6.45) is 10.0. The van der Waals surface area contributed by atoms with Crippen LogP contribution in [0.1, 0.15) is 6.42 Å². The minimum absolute atomic E-state index is 0. The Hall–Kier alpha value is 0.934. The van der Waals surface area contributed by atoms with Crippen molar-refractivity contribution in [1.82, 2.24) is 0 Å². The van der Waals surface area contributed by atoms with Crippen LogP contribution >= 0.6 is 0 Å². The third kappa shape index (κ3) is 16.0. The van der Waals surface area contributed by atoms with Crippen LogP contribution in [0.2, 0.25) is 0 Å². The molecule has 0 aromatic rings. The summed E-state index contributed by atoms with van der Waals surface area (Å²) in [7, 11) is 0. The molecule has 0 atom stereocenters. The number of hydrogen-bond donors (Lipinski definition) is 0. The molecule has 4 heteroatoms. The molecule has 1 aliphatic carbocycles. The van der Waals surface area contributed by atoms with Gasteiger partial charge in [-0.2, -0.15) is 6.08 Å². The first-order valence-electron chi connectivity index (χ1n) is 1.72. The Kier molecular flexibility index (Phi) is 69.0. The van der Waals surface area contributed by atoms with Crippen LogP contribution in [0.15, 0.2) is 18.2 Å². The second-order valence-electron chi connectivity index (χ2n) is 1.00. The van der Waals surface area contributed by atoms with E-state index in [1.165, 1.54) is 0 Å². The van der Waals surface area contributed by atoms with E-state index >= 15 is 0 Å². The topological polar surface area (TPSA) is 0 Å². The predicted molar refractivity (Wildman–Crippen MR) is 28.0 cm³/mol. The van der Waals surface area contributed by atoms with Crippen LogP contribution in [0.5, 0.6) is 0 Å². The second-order valence-corrected chi connectivity index (χ2v) is 1.00. The summed E-state index contributed by atoms with van der Waals surface area (Å²) < 4.78 is 0. The smallest absolute Gasteiger partial charge is 0 e. The zero-order valence-electron chi connectivity index (χ0n) is 5.52. The first-order chi connectivity index (χ1) is 2.50. The zero-order chi connectivity index (χ0) is 3.54. The van der Waals surface area contributed by atoms with Gasteiger partial charge in [0.25, 0.3) is 0 Å². The van der Waals surface area contributed by atoms with E-state index < -0.39 is 0 Å². The van der Waals surface area contributed by atoms with Crippen LogP contribution in [0.3, 0.4) is 0 Å². The molecule has 0 heterocycles. The van der Waals surface area contributed by atoms with Crippen LogP contribution in [-0.2, 0) is 18.6 Å². The molecular formula is C6H8Cl3V-5. The molecule has 0 saturated heterocycles. The molecule has 0 unspecified atom stereocenters. The first-order valence-corrected chi connectivity index (χ1v) is 1.72. The van der Waals surface area contributed by atoms with Crippen LogP contribution in [-0.4, -0.2) is 0 Å². The van der Waals surface area contributed by atoms with Crippen molar-refractivity contribution in [1.29, 1.82) is 0 Å². The monoisotopic (exact) mass is 236 g/mol. The maximum Gasteiger partial charge on any atom is 0 e. The molecule has 0 aliphatic heterocycles. The van der Waals surface area contributed by atoms with Crippen molar-refractivity contribution in [2.24, 2.45) is 0 Å². The molecule has 1 aliphatic rings. The van der Waals surface area contributed by atoms with Crippen molar-refractivity contribution < 1.29 is 55.8 Å². The minimum atomic E-state index is 0. The molecular weight excluding hydrogens is 229 g/mol. The summed E-state index contributed by atoms with van der Waals surface area (Å²) in [5, 5.41) is 0. The van der Waals surface area contributed by atoms with Gasteiger partial charge in [0.15, 0.2) is 0 Å². The van der Waals surface area contributed by atoms with Gasteiger partial charge in [-0.3, -0.25) is 6.08 Å². The molecule has 1 radical (unpaired) electrons. The Labute approximate surface area is 93.7 Å². The summed E-state index contributed by atoms with van der Waals surface area (Å²) >= 11 is 0. The molecule has 1 rings (SSSR count). The molecule has 0 amide bonds. The predicted octanol–water partition coefficient (Wildman–Crippen LogP) is -7.23. The number of rotatable bonds is 0. The maximum atomic E-state index is 2.99. The number of halogens is 3. The summed E-state index contributed by atoms with van der Waals surface area (Å²) in [6.45, 7) is 0. The quantitative estimate of drug-likeness (QED) is 0.367. The Morgan fingerprint density at radius 1 is 1.10 bits per heavy atom. The standard InChI is InChI=1S/C5H5.CH3.3ClH.V/c1-2-4-5-3-1;;;;;/h1-3H,4H2;1H3;3*1H;/q2*-1;;;;/p-3. The van der Waals surface area contributed by atoms with E-state index in [0.717, 1.165) is 6.42 Å². The summed E-state index contributed by atoms with van der Waals surface area (Å²) in [4.78, 5) is 0. The van der Waals surface area contributed by atoms with Gasteiger partial charge in [0.2, 0.25) is 0 Å². The largest absolute Gasteiger partial charge is 1.00 e. The average molecular weight is 237 g/mol. The Morgan fingerprint density at radius 2 is 1.60 bits per heavy atom. The van der Waals surface area contributed by atoms with E-state index in [9.17, 15) is 0 Å². The van der Waals surface area contributed by atoms with Crippen molar-refractivity contribution in [3.05, 3.63) is 31.7 Å². The zero-order valence-corrected chi connectivity index (χ0v) is 9.18. The molecule has 0 N–H and O–H groups in total. The number of allylic oxidation sites excluding steroid dienone is 4. The van der Waals surface area contributed by atoms with E-state index in [2.05, 4.69) is 12.2 Å². The Bertz CT molecular complexity index is 71.1. The van der Waals surface area contributed by atoms with Gasteiger partial charge < -0.3 is 44.6 Å². The van der Waals surface area contributed by atoms with Gasteiger partial charge in [0.1, 0.15) is 0 Å². The first kappa shape index (κ1) is 30.6. The molecule has 63 valence electrons. The fourth-order valence-electron chi connectivity index (χ4n) is 0.340. The van der Waals surface area contributed by atoms with Gasteiger partial charge in [-0.05, 0) is 0 Å². The fraction of sp³-hybridized carbons (Fsp3) is 0.167. The SMILES string of the molecule is [C-]1=CC=CC1.[CH3-].[Cl-].[Cl-].[Cl-].[V]. The fourth-order valence-corrected chi connectivity index (χ4v) is 0.340. The van der Waals surface area contributed by atoms with Gasteiger partial charge in [-0.25, -0.2) is 12.2 Å². The van der Waals surface area contributed by atoms with Crippen LogP contribution in [0.4, 0.5) is 0 Å². The number of hydrogen-bond acceptors (Lipinski definition) is 0. The summed E-state index contributed by atoms with van der Waals surface area (Å²) in [5.41, 5.74) is 0. The normalized spacial score (nSPS) is 8.80. The van der Waals surface area contributed by atoms with Gasteiger partial charge in [-0.1, -0.05) is 0 Å². The van der Waals surface area contributed by atoms with Crippen LogP contribution in [0.25, 0.3) is 0 Å². The van der Waals surface area contributed by atoms with Crippen molar-refractivity contribution in [2.45, 2.75) is 6.42 Å². The molecule has 10 heavy (non-hydrogen) atoms. The minimum Gasteiger partial charge on any atom is -1.00 e. The van der Waals surface area contributed by atoms with Crippen molar-refractivity contribution in [3.8, 4) is 0 Å². The molecule has 0 fully saturated rings. The third-order valence-electron chi connectivity index (χ3n) is 0.586.